The van der Waals surface area contributed by atoms with Crippen LogP contribution in [0.1, 0.15) is 136 Å². The first-order valence-electron chi connectivity index (χ1n) is 12.4. The van der Waals surface area contributed by atoms with Crippen LogP contribution in [0, 0.1) is 11.8 Å². The number of rotatable bonds is 22. The van der Waals surface area contributed by atoms with E-state index in [0.29, 0.717) is 0 Å². The molecule has 0 unspecified atom stereocenters. The first-order chi connectivity index (χ1) is 14.0. The summed E-state index contributed by atoms with van der Waals surface area (Å²) < 4.78 is 0. The number of unbranched alkanes of at least 4 members (excludes halogenated alkanes) is 14. The summed E-state index contributed by atoms with van der Waals surface area (Å²) in [4.78, 5) is 22.3. The van der Waals surface area contributed by atoms with E-state index in [2.05, 4.69) is 13.8 Å². The number of carbonyl (C=O) groups excluding carboxylic acids is 2. The number of hydrogen-bond donors (Lipinski definition) is 0. The SMILES string of the molecule is CCCCCCCCCCC(CCCCCCCCCC)CC(C(=O)[O-])C(=O)[O-].[Mg+2]. The summed E-state index contributed by atoms with van der Waals surface area (Å²) in [6.45, 7) is 4.44. The molecular formula is C25H46MgO4. The number of aliphatic carboxylic acids is 2. The van der Waals surface area contributed by atoms with Crippen LogP contribution in [-0.4, -0.2) is 35.0 Å². The minimum atomic E-state index is -1.50. The molecule has 0 aliphatic rings. The summed E-state index contributed by atoms with van der Waals surface area (Å²) in [5, 5.41) is 22.3. The average molecular weight is 435 g/mol. The van der Waals surface area contributed by atoms with Gasteiger partial charge in [-0.05, 0) is 12.3 Å². The molecule has 0 bridgehead atoms. The van der Waals surface area contributed by atoms with Gasteiger partial charge in [-0.3, -0.25) is 0 Å². The fourth-order valence-corrected chi connectivity index (χ4v) is 4.14. The third-order valence-electron chi connectivity index (χ3n) is 6.07. The zero-order valence-corrected chi connectivity index (χ0v) is 21.3. The van der Waals surface area contributed by atoms with E-state index in [4.69, 9.17) is 0 Å². The predicted octanol–water partition coefficient (Wildman–Crippen LogP) is 4.79. The molecule has 4 nitrogen and oxygen atoms in total. The van der Waals surface area contributed by atoms with Gasteiger partial charge < -0.3 is 19.8 Å². The maximum atomic E-state index is 11.1. The number of carboxylic acids is 2. The zero-order chi connectivity index (χ0) is 21.7. The van der Waals surface area contributed by atoms with Crippen LogP contribution in [0.4, 0.5) is 0 Å². The van der Waals surface area contributed by atoms with E-state index >= 15 is 0 Å². The van der Waals surface area contributed by atoms with E-state index in [-0.39, 0.29) is 35.4 Å². The summed E-state index contributed by atoms with van der Waals surface area (Å²) in [5.74, 6) is -4.32. The van der Waals surface area contributed by atoms with Gasteiger partial charge in [-0.2, -0.15) is 0 Å². The Kier molecular flexibility index (Phi) is 24.8. The Labute approximate surface area is 202 Å². The molecule has 0 atom stereocenters. The summed E-state index contributed by atoms with van der Waals surface area (Å²) in [6.07, 6.45) is 21.8. The summed E-state index contributed by atoms with van der Waals surface area (Å²) in [7, 11) is 0. The fraction of sp³-hybridized carbons (Fsp3) is 0.920. The molecule has 0 heterocycles. The van der Waals surface area contributed by atoms with Crippen molar-refractivity contribution in [2.24, 2.45) is 11.8 Å². The van der Waals surface area contributed by atoms with E-state index < -0.39 is 17.9 Å². The summed E-state index contributed by atoms with van der Waals surface area (Å²) >= 11 is 0. The average Bonchev–Trinajstić information content (AvgIpc) is 2.68. The van der Waals surface area contributed by atoms with Crippen LogP contribution in [-0.2, 0) is 9.59 Å². The van der Waals surface area contributed by atoms with E-state index in [0.717, 1.165) is 38.5 Å². The van der Waals surface area contributed by atoms with Crippen molar-refractivity contribution in [1.29, 1.82) is 0 Å². The van der Waals surface area contributed by atoms with Crippen LogP contribution in [0.15, 0.2) is 0 Å². The molecule has 30 heavy (non-hydrogen) atoms. The quantitative estimate of drug-likeness (QED) is 0.139. The number of carboxylic acid groups (broad SMARTS) is 2. The van der Waals surface area contributed by atoms with Gasteiger partial charge in [-0.25, -0.2) is 0 Å². The molecule has 0 radical (unpaired) electrons. The normalized spacial score (nSPS) is 11.1. The third-order valence-corrected chi connectivity index (χ3v) is 6.07. The topological polar surface area (TPSA) is 80.3 Å². The Morgan fingerprint density at radius 3 is 1.17 bits per heavy atom. The van der Waals surface area contributed by atoms with Crippen molar-refractivity contribution in [2.75, 3.05) is 0 Å². The molecule has 0 rings (SSSR count). The van der Waals surface area contributed by atoms with Gasteiger partial charge in [-0.15, -0.1) is 0 Å². The molecule has 172 valence electrons. The molecule has 0 N–H and O–H groups in total. The van der Waals surface area contributed by atoms with Gasteiger partial charge in [0.2, 0.25) is 0 Å². The van der Waals surface area contributed by atoms with Crippen molar-refractivity contribution in [3.05, 3.63) is 0 Å². The fourth-order valence-electron chi connectivity index (χ4n) is 4.14. The van der Waals surface area contributed by atoms with Crippen LogP contribution in [0.25, 0.3) is 0 Å². The Morgan fingerprint density at radius 1 is 0.567 bits per heavy atom. The molecule has 0 fully saturated rings. The molecule has 0 aromatic rings. The van der Waals surface area contributed by atoms with Gasteiger partial charge in [0.05, 0.1) is 11.9 Å². The van der Waals surface area contributed by atoms with Crippen LogP contribution >= 0.6 is 0 Å². The van der Waals surface area contributed by atoms with Gasteiger partial charge in [0.1, 0.15) is 0 Å². The van der Waals surface area contributed by atoms with E-state index in [1.165, 1.54) is 77.0 Å². The second-order valence-electron chi connectivity index (χ2n) is 8.82. The van der Waals surface area contributed by atoms with E-state index in [9.17, 15) is 19.8 Å². The zero-order valence-electron chi connectivity index (χ0n) is 19.9. The molecule has 0 aliphatic heterocycles. The second kappa shape index (κ2) is 23.4. The molecule has 0 saturated heterocycles. The maximum absolute atomic E-state index is 11.1. The van der Waals surface area contributed by atoms with Crippen molar-refractivity contribution in [2.45, 2.75) is 136 Å². The largest absolute Gasteiger partial charge is 2.00 e. The van der Waals surface area contributed by atoms with Gasteiger partial charge in [0.25, 0.3) is 0 Å². The number of carbonyl (C=O) groups is 2. The first-order valence-corrected chi connectivity index (χ1v) is 12.4. The molecule has 0 amide bonds. The Morgan fingerprint density at radius 2 is 0.867 bits per heavy atom. The molecule has 0 spiro atoms. The van der Waals surface area contributed by atoms with Gasteiger partial charge in [0.15, 0.2) is 0 Å². The minimum Gasteiger partial charge on any atom is -0.549 e. The van der Waals surface area contributed by atoms with Gasteiger partial charge in [-0.1, -0.05) is 129 Å². The molecule has 0 aromatic carbocycles. The molecular weight excluding hydrogens is 389 g/mol. The Hall–Kier alpha value is -0.294. The predicted molar refractivity (Wildman–Crippen MR) is 122 cm³/mol. The van der Waals surface area contributed by atoms with E-state index in [1.807, 2.05) is 0 Å². The van der Waals surface area contributed by atoms with Crippen molar-refractivity contribution in [1.82, 2.24) is 0 Å². The Balaban J connectivity index is 0. The van der Waals surface area contributed by atoms with Crippen LogP contribution in [0.5, 0.6) is 0 Å². The first kappa shape index (κ1) is 31.9. The molecule has 0 aromatic heterocycles. The van der Waals surface area contributed by atoms with Crippen molar-refractivity contribution in [3.63, 3.8) is 0 Å². The monoisotopic (exact) mass is 434 g/mol. The van der Waals surface area contributed by atoms with Gasteiger partial charge in [0, 0.05) is 5.92 Å². The molecule has 0 aliphatic carbocycles. The smallest absolute Gasteiger partial charge is 0.549 e. The third kappa shape index (κ3) is 19.7. The summed E-state index contributed by atoms with van der Waals surface area (Å²) in [6, 6.07) is 0. The maximum Gasteiger partial charge on any atom is 2.00 e. The van der Waals surface area contributed by atoms with Gasteiger partial charge >= 0.3 is 23.1 Å². The van der Waals surface area contributed by atoms with Crippen molar-refractivity contribution >= 4 is 35.0 Å². The number of hydrogen-bond acceptors (Lipinski definition) is 4. The van der Waals surface area contributed by atoms with Crippen LogP contribution in [0.3, 0.4) is 0 Å². The van der Waals surface area contributed by atoms with Crippen LogP contribution in [0.2, 0.25) is 0 Å². The standard InChI is InChI=1S/C25H48O4.Mg/c1-3-5-7-9-11-13-15-17-19-22(21-23(24(26)27)25(28)29)20-18-16-14-12-10-8-6-4-2;/h22-23H,3-21H2,1-2H3,(H,26,27)(H,28,29);/q;+2/p-2. The second-order valence-corrected chi connectivity index (χ2v) is 8.82. The van der Waals surface area contributed by atoms with E-state index in [1.54, 1.807) is 0 Å². The van der Waals surface area contributed by atoms with Crippen molar-refractivity contribution < 1.29 is 19.8 Å². The molecule has 5 heteroatoms. The minimum absolute atomic E-state index is 0. The van der Waals surface area contributed by atoms with Crippen LogP contribution < -0.4 is 10.2 Å². The Bertz CT molecular complexity index is 367. The van der Waals surface area contributed by atoms with Crippen molar-refractivity contribution in [3.8, 4) is 0 Å². The summed E-state index contributed by atoms with van der Waals surface area (Å²) in [5.41, 5.74) is 0. The molecule has 0 saturated carbocycles.